The van der Waals surface area contributed by atoms with E-state index in [1.54, 1.807) is 23.4 Å². The molecular weight excluding hydrogens is 444 g/mol. The number of nitrogens with one attached hydrogen (secondary N) is 1. The van der Waals surface area contributed by atoms with Gasteiger partial charge >= 0.3 is 6.09 Å². The number of amides is 2. The van der Waals surface area contributed by atoms with Gasteiger partial charge in [-0.1, -0.05) is 11.6 Å². The maximum Gasteiger partial charge on any atom is 0.407 e. The Morgan fingerprint density at radius 2 is 2.00 bits per heavy atom. The van der Waals surface area contributed by atoms with Crippen molar-refractivity contribution in [2.75, 3.05) is 26.0 Å². The molecule has 2 aromatic rings. The summed E-state index contributed by atoms with van der Waals surface area (Å²) in [5.74, 6) is 0.616. The van der Waals surface area contributed by atoms with Gasteiger partial charge in [0, 0.05) is 49.6 Å². The molecule has 0 spiro atoms. The minimum absolute atomic E-state index is 0.0488. The van der Waals surface area contributed by atoms with Crippen molar-refractivity contribution < 1.29 is 22.7 Å². The fourth-order valence-corrected chi connectivity index (χ4v) is 4.50. The molecule has 1 aromatic heterocycles. The fraction of sp³-hybridized carbons (Fsp3) is 0.400. The number of halogens is 1. The lowest BCUT2D eigenvalue weighted by Gasteiger charge is -2.39. The Morgan fingerprint density at radius 1 is 1.29 bits per heavy atom. The highest BCUT2D eigenvalue weighted by Gasteiger charge is 2.33. The first-order valence-electron chi connectivity index (χ1n) is 9.73. The van der Waals surface area contributed by atoms with Gasteiger partial charge in [0.1, 0.15) is 6.61 Å². The number of rotatable bonds is 6. The Bertz CT molecular complexity index is 1120. The van der Waals surface area contributed by atoms with Gasteiger partial charge < -0.3 is 15.0 Å². The molecule has 2 amide bonds. The topological polar surface area (TPSA) is 119 Å². The number of carbonyl (C=O) groups excluding carboxylic acids is 2. The monoisotopic (exact) mass is 464 g/mol. The lowest BCUT2D eigenvalue weighted by molar-refractivity contribution is -0.135. The molecule has 0 aliphatic carbocycles. The maximum absolute atomic E-state index is 12.3. The van der Waals surface area contributed by atoms with Gasteiger partial charge in [-0.25, -0.2) is 23.2 Å². The summed E-state index contributed by atoms with van der Waals surface area (Å²) in [4.78, 5) is 34.0. The summed E-state index contributed by atoms with van der Waals surface area (Å²) in [5.41, 5.74) is 1.47. The molecule has 2 aliphatic rings. The summed E-state index contributed by atoms with van der Waals surface area (Å²) >= 11 is 6.23. The van der Waals surface area contributed by atoms with Gasteiger partial charge in [-0.3, -0.25) is 4.79 Å². The zero-order valence-corrected chi connectivity index (χ0v) is 18.3. The van der Waals surface area contributed by atoms with Crippen LogP contribution in [0.3, 0.4) is 0 Å². The Morgan fingerprint density at radius 3 is 2.58 bits per heavy atom. The molecule has 11 heteroatoms. The number of nitrogens with zero attached hydrogens (tertiary/aromatic N) is 3. The Labute approximate surface area is 184 Å². The first kappa shape index (κ1) is 21.5. The van der Waals surface area contributed by atoms with Crippen molar-refractivity contribution in [1.29, 1.82) is 0 Å². The van der Waals surface area contributed by atoms with E-state index in [-0.39, 0.29) is 27.8 Å². The van der Waals surface area contributed by atoms with Crippen molar-refractivity contribution in [2.45, 2.75) is 29.7 Å². The van der Waals surface area contributed by atoms with Crippen LogP contribution in [0.25, 0.3) is 11.4 Å². The van der Waals surface area contributed by atoms with Crippen LogP contribution in [0, 0.1) is 0 Å². The number of cyclic esters (lactones) is 1. The predicted octanol–water partition coefficient (Wildman–Crippen LogP) is 2.01. The second kappa shape index (κ2) is 8.43. The molecule has 2 aliphatic heterocycles. The Hall–Kier alpha value is -2.72. The first-order valence-corrected chi connectivity index (χ1v) is 12.0. The number of ether oxygens (including phenoxy) is 1. The van der Waals surface area contributed by atoms with Crippen LogP contribution in [0.2, 0.25) is 5.02 Å². The number of benzene rings is 1. The number of hydrogen-bond acceptors (Lipinski definition) is 7. The van der Waals surface area contributed by atoms with E-state index in [0.29, 0.717) is 43.9 Å². The maximum atomic E-state index is 12.3. The van der Waals surface area contributed by atoms with Crippen LogP contribution in [-0.4, -0.2) is 67.3 Å². The smallest absolute Gasteiger partial charge is 0.407 e. The molecule has 164 valence electrons. The largest absolute Gasteiger partial charge is 0.447 e. The summed E-state index contributed by atoms with van der Waals surface area (Å²) in [6.07, 6.45) is 5.03. The Balaban J connectivity index is 1.32. The standard InChI is InChI=1S/C20H21ClN4O5S/c1-31(28,29)15-3-4-16(17(21)6-15)19-22-7-12(8-23-19)13-9-25(10-13)18(26)5-2-14-11-30-20(27)24-14/h3-4,6-8,13-14H,2,5,9-11H2,1H3,(H,24,27)/t14-/m1/s1. The zero-order chi connectivity index (χ0) is 22.2. The van der Waals surface area contributed by atoms with Crippen LogP contribution < -0.4 is 5.32 Å². The number of aromatic nitrogens is 2. The molecule has 3 heterocycles. The minimum Gasteiger partial charge on any atom is -0.447 e. The van der Waals surface area contributed by atoms with Crippen LogP contribution >= 0.6 is 11.6 Å². The molecule has 0 unspecified atom stereocenters. The van der Waals surface area contributed by atoms with Gasteiger partial charge in [0.05, 0.1) is 16.0 Å². The highest BCUT2D eigenvalue weighted by molar-refractivity contribution is 7.90. The lowest BCUT2D eigenvalue weighted by atomic mass is 9.93. The zero-order valence-electron chi connectivity index (χ0n) is 16.7. The van der Waals surface area contributed by atoms with Crippen LogP contribution in [0.1, 0.15) is 24.3 Å². The van der Waals surface area contributed by atoms with E-state index >= 15 is 0 Å². The lowest BCUT2D eigenvalue weighted by Crippen LogP contribution is -2.48. The second-order valence-electron chi connectivity index (χ2n) is 7.73. The molecular formula is C20H21ClN4O5S. The van der Waals surface area contributed by atoms with Gasteiger partial charge in [0.15, 0.2) is 15.7 Å². The van der Waals surface area contributed by atoms with Crippen molar-refractivity contribution >= 4 is 33.4 Å². The highest BCUT2D eigenvalue weighted by Crippen LogP contribution is 2.30. The van der Waals surface area contributed by atoms with Gasteiger partial charge in [-0.2, -0.15) is 0 Å². The second-order valence-corrected chi connectivity index (χ2v) is 10.2. The molecule has 2 saturated heterocycles. The normalized spacial score (nSPS) is 19.0. The predicted molar refractivity (Wildman–Crippen MR) is 112 cm³/mol. The van der Waals surface area contributed by atoms with Crippen molar-refractivity contribution in [3.05, 3.63) is 41.2 Å². The van der Waals surface area contributed by atoms with E-state index in [1.807, 2.05) is 0 Å². The van der Waals surface area contributed by atoms with Crippen LogP contribution in [0.15, 0.2) is 35.5 Å². The van der Waals surface area contributed by atoms with Crippen LogP contribution in [0.5, 0.6) is 0 Å². The number of alkyl carbamates (subject to hydrolysis) is 1. The highest BCUT2D eigenvalue weighted by atomic mass is 35.5. The number of likely N-dealkylation sites (tertiary alicyclic amines) is 1. The molecule has 1 aromatic carbocycles. The molecule has 0 saturated carbocycles. The van der Waals surface area contributed by atoms with Crippen LogP contribution in [0.4, 0.5) is 4.79 Å². The first-order chi connectivity index (χ1) is 14.7. The Kier molecular flexibility index (Phi) is 5.85. The molecule has 2 fully saturated rings. The van der Waals surface area contributed by atoms with Gasteiger partial charge in [-0.05, 0) is 30.2 Å². The van der Waals surface area contributed by atoms with Gasteiger partial charge in [-0.15, -0.1) is 0 Å². The van der Waals surface area contributed by atoms with Gasteiger partial charge in [0.25, 0.3) is 0 Å². The number of hydrogen-bond donors (Lipinski definition) is 1. The third kappa shape index (κ3) is 4.80. The molecule has 1 N–H and O–H groups in total. The summed E-state index contributed by atoms with van der Waals surface area (Å²) in [5, 5.41) is 2.93. The quantitative estimate of drug-likeness (QED) is 0.694. The third-order valence-corrected chi connectivity index (χ3v) is 6.85. The van der Waals surface area contributed by atoms with Crippen molar-refractivity contribution in [3.8, 4) is 11.4 Å². The van der Waals surface area contributed by atoms with E-state index in [0.717, 1.165) is 11.8 Å². The molecule has 4 rings (SSSR count). The van der Waals surface area contributed by atoms with E-state index in [2.05, 4.69) is 15.3 Å². The SMILES string of the molecule is CS(=O)(=O)c1ccc(-c2ncc(C3CN(C(=O)CC[C@@H]4COC(=O)N4)C3)cn2)c(Cl)c1. The van der Waals surface area contributed by atoms with E-state index in [4.69, 9.17) is 16.3 Å². The summed E-state index contributed by atoms with van der Waals surface area (Å²) in [6, 6.07) is 4.36. The molecule has 1 atom stereocenters. The number of carbonyl (C=O) groups is 2. The summed E-state index contributed by atoms with van der Waals surface area (Å²) < 4.78 is 28.1. The van der Waals surface area contributed by atoms with Crippen LogP contribution in [-0.2, 0) is 19.4 Å². The van der Waals surface area contributed by atoms with Crippen molar-refractivity contribution in [1.82, 2.24) is 20.2 Å². The van der Waals surface area contributed by atoms with E-state index in [1.165, 1.54) is 12.1 Å². The average molecular weight is 465 g/mol. The fourth-order valence-electron chi connectivity index (χ4n) is 3.53. The summed E-state index contributed by atoms with van der Waals surface area (Å²) in [7, 11) is -3.34. The summed E-state index contributed by atoms with van der Waals surface area (Å²) in [6.45, 7) is 1.50. The average Bonchev–Trinajstić information content (AvgIpc) is 3.10. The molecule has 0 radical (unpaired) electrons. The van der Waals surface area contributed by atoms with E-state index in [9.17, 15) is 18.0 Å². The molecule has 31 heavy (non-hydrogen) atoms. The third-order valence-electron chi connectivity index (χ3n) is 5.43. The van der Waals surface area contributed by atoms with Crippen molar-refractivity contribution in [3.63, 3.8) is 0 Å². The van der Waals surface area contributed by atoms with Crippen molar-refractivity contribution in [2.24, 2.45) is 0 Å². The van der Waals surface area contributed by atoms with Gasteiger partial charge in [0.2, 0.25) is 5.91 Å². The number of sulfone groups is 1. The molecule has 0 bridgehead atoms. The molecule has 9 nitrogen and oxygen atoms in total. The minimum atomic E-state index is -3.34. The van der Waals surface area contributed by atoms with E-state index < -0.39 is 15.9 Å².